The first kappa shape index (κ1) is 16.6. The Morgan fingerprint density at radius 3 is 2.19 bits per heavy atom. The molecule has 0 N–H and O–H groups in total. The predicted molar refractivity (Wildman–Crippen MR) is 77.9 cm³/mol. The lowest BCUT2D eigenvalue weighted by molar-refractivity contribution is 0.0742. The van der Waals surface area contributed by atoms with Crippen molar-refractivity contribution in [2.24, 2.45) is 0 Å². The van der Waals surface area contributed by atoms with Gasteiger partial charge in [0.25, 0.3) is 5.91 Å². The summed E-state index contributed by atoms with van der Waals surface area (Å²) in [6, 6.07) is 5.05. The summed E-state index contributed by atoms with van der Waals surface area (Å²) in [6.07, 6.45) is 0.262. The van der Waals surface area contributed by atoms with E-state index < -0.39 is 0 Å². The van der Waals surface area contributed by atoms with Crippen molar-refractivity contribution in [1.29, 1.82) is 5.26 Å². The first-order valence-electron chi connectivity index (χ1n) is 6.44. The predicted octanol–water partition coefficient (Wildman–Crippen LogP) is 2.09. The maximum Gasteiger partial charge on any atom is 0.257 e. The van der Waals surface area contributed by atoms with Crippen LogP contribution in [0.1, 0.15) is 23.7 Å². The number of hydrogen-bond donors (Lipinski definition) is 0. The van der Waals surface area contributed by atoms with Gasteiger partial charge in [-0.15, -0.1) is 0 Å². The van der Waals surface area contributed by atoms with Crippen molar-refractivity contribution in [3.63, 3.8) is 0 Å². The molecule has 1 amide bonds. The van der Waals surface area contributed by atoms with Gasteiger partial charge in [0.05, 0.1) is 39.4 Å². The molecule has 0 heterocycles. The molecule has 21 heavy (non-hydrogen) atoms. The minimum absolute atomic E-state index is 0.194. The van der Waals surface area contributed by atoms with Crippen molar-refractivity contribution in [2.45, 2.75) is 19.4 Å². The highest BCUT2D eigenvalue weighted by molar-refractivity contribution is 5.97. The molecule has 0 fully saturated rings. The quantitative estimate of drug-likeness (QED) is 0.802. The summed E-state index contributed by atoms with van der Waals surface area (Å²) >= 11 is 0. The molecule has 6 heteroatoms. The Hall–Kier alpha value is -2.42. The smallest absolute Gasteiger partial charge is 0.257 e. The maximum absolute atomic E-state index is 12.5. The SMILES string of the molecule is COc1cc(OC)c(C(=O)N(C)C(C)CC#N)cc1OC. The molecule has 0 aliphatic carbocycles. The summed E-state index contributed by atoms with van der Waals surface area (Å²) < 4.78 is 15.6. The van der Waals surface area contributed by atoms with Gasteiger partial charge in [-0.3, -0.25) is 4.79 Å². The zero-order valence-electron chi connectivity index (χ0n) is 13.0. The van der Waals surface area contributed by atoms with Crippen LogP contribution in [0.2, 0.25) is 0 Å². The highest BCUT2D eigenvalue weighted by Gasteiger charge is 2.23. The standard InChI is InChI=1S/C15H20N2O4/c1-10(6-7-16)17(2)15(18)11-8-13(20-4)14(21-5)9-12(11)19-3/h8-10H,6H2,1-5H3. The summed E-state index contributed by atoms with van der Waals surface area (Å²) in [6.45, 7) is 1.81. The second kappa shape index (κ2) is 7.39. The summed E-state index contributed by atoms with van der Waals surface area (Å²) in [4.78, 5) is 14.1. The average molecular weight is 292 g/mol. The third-order valence-corrected chi connectivity index (χ3v) is 3.30. The normalized spacial score (nSPS) is 11.2. The van der Waals surface area contributed by atoms with Crippen molar-refractivity contribution in [2.75, 3.05) is 28.4 Å². The van der Waals surface area contributed by atoms with E-state index in [0.717, 1.165) is 0 Å². The van der Waals surface area contributed by atoms with E-state index in [1.165, 1.54) is 26.2 Å². The van der Waals surface area contributed by atoms with Gasteiger partial charge in [-0.25, -0.2) is 0 Å². The number of methoxy groups -OCH3 is 3. The van der Waals surface area contributed by atoms with E-state index in [2.05, 4.69) is 6.07 Å². The van der Waals surface area contributed by atoms with Crippen LogP contribution in [0.4, 0.5) is 0 Å². The van der Waals surface area contributed by atoms with Crippen molar-refractivity contribution >= 4 is 5.91 Å². The fraction of sp³-hybridized carbons (Fsp3) is 0.467. The minimum Gasteiger partial charge on any atom is -0.496 e. The number of amides is 1. The van der Waals surface area contributed by atoms with Gasteiger partial charge >= 0.3 is 0 Å². The van der Waals surface area contributed by atoms with Crippen molar-refractivity contribution < 1.29 is 19.0 Å². The molecule has 0 aliphatic rings. The molecule has 0 aliphatic heterocycles. The van der Waals surface area contributed by atoms with E-state index >= 15 is 0 Å². The molecule has 1 rings (SSSR count). The molecule has 6 nitrogen and oxygen atoms in total. The van der Waals surface area contributed by atoms with Gasteiger partial charge in [-0.1, -0.05) is 0 Å². The lowest BCUT2D eigenvalue weighted by atomic mass is 10.1. The van der Waals surface area contributed by atoms with Crippen LogP contribution >= 0.6 is 0 Å². The van der Waals surface area contributed by atoms with E-state index in [1.807, 2.05) is 6.92 Å². The molecule has 1 atom stereocenters. The Bertz CT molecular complexity index is 551. The highest BCUT2D eigenvalue weighted by Crippen LogP contribution is 2.35. The number of nitrogens with zero attached hydrogens (tertiary/aromatic N) is 2. The van der Waals surface area contributed by atoms with Crippen LogP contribution in [0.25, 0.3) is 0 Å². The number of benzene rings is 1. The second-order valence-electron chi connectivity index (χ2n) is 4.53. The largest absolute Gasteiger partial charge is 0.496 e. The highest BCUT2D eigenvalue weighted by atomic mass is 16.5. The topological polar surface area (TPSA) is 71.8 Å². The van der Waals surface area contributed by atoms with E-state index in [1.54, 1.807) is 19.2 Å². The van der Waals surface area contributed by atoms with Crippen molar-refractivity contribution in [3.8, 4) is 23.3 Å². The lowest BCUT2D eigenvalue weighted by Gasteiger charge is -2.24. The molecule has 1 aromatic rings. The van der Waals surface area contributed by atoms with E-state index in [4.69, 9.17) is 19.5 Å². The molecular weight excluding hydrogens is 272 g/mol. The zero-order valence-corrected chi connectivity index (χ0v) is 13.0. The molecule has 0 radical (unpaired) electrons. The number of carbonyl (C=O) groups is 1. The Morgan fingerprint density at radius 1 is 1.19 bits per heavy atom. The number of rotatable bonds is 6. The van der Waals surface area contributed by atoms with Crippen LogP contribution in [0, 0.1) is 11.3 Å². The van der Waals surface area contributed by atoms with Gasteiger partial charge in [0.1, 0.15) is 5.75 Å². The first-order chi connectivity index (χ1) is 9.99. The van der Waals surface area contributed by atoms with Crippen LogP contribution in [-0.4, -0.2) is 45.2 Å². The van der Waals surface area contributed by atoms with E-state index in [0.29, 0.717) is 22.8 Å². The van der Waals surface area contributed by atoms with E-state index in [-0.39, 0.29) is 18.4 Å². The Morgan fingerprint density at radius 2 is 1.71 bits per heavy atom. The van der Waals surface area contributed by atoms with Crippen molar-refractivity contribution in [3.05, 3.63) is 17.7 Å². The third kappa shape index (κ3) is 3.57. The third-order valence-electron chi connectivity index (χ3n) is 3.30. The Balaban J connectivity index is 3.22. The van der Waals surface area contributed by atoms with E-state index in [9.17, 15) is 4.79 Å². The average Bonchev–Trinajstić information content (AvgIpc) is 2.52. The van der Waals surface area contributed by atoms with Crippen molar-refractivity contribution in [1.82, 2.24) is 4.90 Å². The molecule has 1 unspecified atom stereocenters. The lowest BCUT2D eigenvalue weighted by Crippen LogP contribution is -2.35. The zero-order chi connectivity index (χ0) is 16.0. The van der Waals surface area contributed by atoms with Crippen LogP contribution in [0.5, 0.6) is 17.2 Å². The second-order valence-corrected chi connectivity index (χ2v) is 4.53. The monoisotopic (exact) mass is 292 g/mol. The summed E-state index contributed by atoms with van der Waals surface area (Å²) in [5, 5.41) is 8.74. The maximum atomic E-state index is 12.5. The van der Waals surface area contributed by atoms with Gasteiger partial charge in [-0.2, -0.15) is 5.26 Å². The molecule has 1 aromatic carbocycles. The molecule has 0 saturated heterocycles. The van der Waals surface area contributed by atoms with Crippen LogP contribution in [0.3, 0.4) is 0 Å². The van der Waals surface area contributed by atoms with Crippen LogP contribution in [0.15, 0.2) is 12.1 Å². The minimum atomic E-state index is -0.240. The summed E-state index contributed by atoms with van der Waals surface area (Å²) in [7, 11) is 6.15. The first-order valence-corrected chi connectivity index (χ1v) is 6.44. The Labute approximate surface area is 124 Å². The van der Waals surface area contributed by atoms with Crippen LogP contribution < -0.4 is 14.2 Å². The van der Waals surface area contributed by atoms with Gasteiger partial charge in [-0.05, 0) is 6.92 Å². The van der Waals surface area contributed by atoms with Gasteiger partial charge in [0.15, 0.2) is 11.5 Å². The number of carbonyl (C=O) groups excluding carboxylic acids is 1. The molecule has 114 valence electrons. The van der Waals surface area contributed by atoms with Gasteiger partial charge in [0.2, 0.25) is 0 Å². The molecule has 0 bridgehead atoms. The fourth-order valence-electron chi connectivity index (χ4n) is 1.86. The number of nitriles is 1. The number of ether oxygens (including phenoxy) is 3. The molecule has 0 saturated carbocycles. The molecule has 0 aromatic heterocycles. The molecular formula is C15H20N2O4. The van der Waals surface area contributed by atoms with Gasteiger partial charge < -0.3 is 19.1 Å². The number of hydrogen-bond acceptors (Lipinski definition) is 5. The summed E-state index contributed by atoms with van der Waals surface area (Å²) in [5.74, 6) is 1.09. The fourth-order valence-corrected chi connectivity index (χ4v) is 1.86. The Kier molecular flexibility index (Phi) is 5.85. The van der Waals surface area contributed by atoms with Gasteiger partial charge in [0, 0.05) is 25.2 Å². The summed E-state index contributed by atoms with van der Waals surface area (Å²) in [5.41, 5.74) is 0.363. The molecule has 0 spiro atoms. The van der Waals surface area contributed by atoms with Crippen LogP contribution in [-0.2, 0) is 0 Å².